The second-order valence-electron chi connectivity index (χ2n) is 4.86. The van der Waals surface area contributed by atoms with Gasteiger partial charge in [0.15, 0.2) is 4.34 Å². The number of aryl methyl sites for hydroxylation is 1. The molecule has 1 aromatic heterocycles. The molecular weight excluding hydrogens is 302 g/mol. The van der Waals surface area contributed by atoms with Gasteiger partial charge in [-0.3, -0.25) is 4.79 Å². The van der Waals surface area contributed by atoms with Crippen LogP contribution in [0.25, 0.3) is 0 Å². The zero-order chi connectivity index (χ0) is 15.2. The number of benzene rings is 1. The fraction of sp³-hybridized carbons (Fsp3) is 0.400. The topological polar surface area (TPSA) is 54.9 Å². The van der Waals surface area contributed by atoms with Gasteiger partial charge in [-0.1, -0.05) is 49.1 Å². The average molecular weight is 321 g/mol. The highest BCUT2D eigenvalue weighted by Gasteiger charge is 2.08. The molecule has 0 radical (unpaired) electrons. The number of nitrogens with zero attached hydrogens (tertiary/aromatic N) is 2. The van der Waals surface area contributed by atoms with E-state index in [2.05, 4.69) is 41.5 Å². The lowest BCUT2D eigenvalue weighted by atomic mass is 9.99. The van der Waals surface area contributed by atoms with E-state index in [9.17, 15) is 4.79 Å². The fourth-order valence-electron chi connectivity index (χ4n) is 1.79. The maximum atomic E-state index is 11.9. The number of aromatic nitrogens is 2. The number of thioether (sulfide) groups is 1. The Kier molecular flexibility index (Phi) is 5.76. The highest BCUT2D eigenvalue weighted by Crippen LogP contribution is 2.23. The molecule has 2 aromatic rings. The van der Waals surface area contributed by atoms with E-state index in [1.807, 2.05) is 19.1 Å². The normalized spacial score (nSPS) is 12.1. The smallest absolute Gasteiger partial charge is 0.234 e. The van der Waals surface area contributed by atoms with Gasteiger partial charge in [-0.15, -0.1) is 10.2 Å². The average Bonchev–Trinajstić information content (AvgIpc) is 2.91. The largest absolute Gasteiger partial charge is 0.325 e. The first-order valence-electron chi connectivity index (χ1n) is 6.91. The van der Waals surface area contributed by atoms with Gasteiger partial charge in [-0.2, -0.15) is 0 Å². The maximum absolute atomic E-state index is 11.9. The van der Waals surface area contributed by atoms with Crippen molar-refractivity contribution in [2.45, 2.75) is 37.4 Å². The summed E-state index contributed by atoms with van der Waals surface area (Å²) in [7, 11) is 0. The number of carbonyl (C=O) groups is 1. The molecule has 1 aromatic carbocycles. The highest BCUT2D eigenvalue weighted by molar-refractivity contribution is 8.01. The van der Waals surface area contributed by atoms with Gasteiger partial charge >= 0.3 is 0 Å². The van der Waals surface area contributed by atoms with Gasteiger partial charge in [0.05, 0.1) is 5.75 Å². The van der Waals surface area contributed by atoms with Crippen molar-refractivity contribution in [3.8, 4) is 0 Å². The second-order valence-corrected chi connectivity index (χ2v) is 7.26. The van der Waals surface area contributed by atoms with E-state index in [0.29, 0.717) is 11.7 Å². The van der Waals surface area contributed by atoms with Gasteiger partial charge in [0.1, 0.15) is 5.01 Å². The summed E-state index contributed by atoms with van der Waals surface area (Å²) in [4.78, 5) is 11.9. The zero-order valence-electron chi connectivity index (χ0n) is 12.4. The van der Waals surface area contributed by atoms with Crippen molar-refractivity contribution in [3.05, 3.63) is 34.8 Å². The molecule has 0 unspecified atom stereocenters. The van der Waals surface area contributed by atoms with Crippen molar-refractivity contribution in [3.63, 3.8) is 0 Å². The molecule has 0 saturated carbocycles. The summed E-state index contributed by atoms with van der Waals surface area (Å²) in [5.74, 6) is 0.872. The number of nitrogens with one attached hydrogen (secondary N) is 1. The van der Waals surface area contributed by atoms with Crippen LogP contribution in [0.3, 0.4) is 0 Å². The van der Waals surface area contributed by atoms with Crippen molar-refractivity contribution in [2.24, 2.45) is 0 Å². The molecule has 0 fully saturated rings. The summed E-state index contributed by atoms with van der Waals surface area (Å²) in [5, 5.41) is 11.7. The SMILES string of the molecule is CC[C@H](C)c1ccc(NC(=O)CSc2nnc(C)s2)cc1. The summed E-state index contributed by atoms with van der Waals surface area (Å²) in [6, 6.07) is 8.06. The molecule has 4 nitrogen and oxygen atoms in total. The van der Waals surface area contributed by atoms with E-state index in [1.165, 1.54) is 28.7 Å². The number of carbonyl (C=O) groups excluding carboxylic acids is 1. The summed E-state index contributed by atoms with van der Waals surface area (Å²) < 4.78 is 0.828. The van der Waals surface area contributed by atoms with Crippen LogP contribution < -0.4 is 5.32 Å². The summed E-state index contributed by atoms with van der Waals surface area (Å²) in [6.45, 7) is 6.28. The van der Waals surface area contributed by atoms with Crippen molar-refractivity contribution >= 4 is 34.7 Å². The van der Waals surface area contributed by atoms with Crippen molar-refractivity contribution in [2.75, 3.05) is 11.1 Å². The molecule has 1 amide bonds. The van der Waals surface area contributed by atoms with E-state index in [4.69, 9.17) is 0 Å². The van der Waals surface area contributed by atoms with Crippen LogP contribution in [0.1, 0.15) is 36.8 Å². The molecule has 2 rings (SSSR count). The third kappa shape index (κ3) is 4.82. The number of rotatable bonds is 6. The molecular formula is C15H19N3OS2. The third-order valence-electron chi connectivity index (χ3n) is 3.21. The molecule has 0 bridgehead atoms. The minimum Gasteiger partial charge on any atom is -0.325 e. The highest BCUT2D eigenvalue weighted by atomic mass is 32.2. The minimum atomic E-state index is -0.0239. The van der Waals surface area contributed by atoms with Crippen molar-refractivity contribution in [1.29, 1.82) is 0 Å². The second kappa shape index (κ2) is 7.56. The van der Waals surface area contributed by atoms with Crippen LogP contribution in [0.2, 0.25) is 0 Å². The van der Waals surface area contributed by atoms with Gasteiger partial charge < -0.3 is 5.32 Å². The maximum Gasteiger partial charge on any atom is 0.234 e. The number of hydrogen-bond acceptors (Lipinski definition) is 5. The summed E-state index contributed by atoms with van der Waals surface area (Å²) in [5.41, 5.74) is 2.13. The molecule has 21 heavy (non-hydrogen) atoms. The lowest BCUT2D eigenvalue weighted by Gasteiger charge is -2.10. The number of amides is 1. The van der Waals surface area contributed by atoms with E-state index < -0.39 is 0 Å². The van der Waals surface area contributed by atoms with Gasteiger partial charge in [0, 0.05) is 5.69 Å². The van der Waals surface area contributed by atoms with E-state index in [-0.39, 0.29) is 5.91 Å². The monoisotopic (exact) mass is 321 g/mol. The quantitative estimate of drug-likeness (QED) is 0.814. The molecule has 0 saturated heterocycles. The molecule has 0 aliphatic carbocycles. The molecule has 1 heterocycles. The molecule has 1 atom stereocenters. The van der Waals surface area contributed by atoms with Crippen LogP contribution in [-0.4, -0.2) is 21.9 Å². The Bertz CT molecular complexity index is 595. The van der Waals surface area contributed by atoms with E-state index >= 15 is 0 Å². The fourth-order valence-corrected chi connectivity index (χ4v) is 3.41. The Morgan fingerprint density at radius 1 is 1.33 bits per heavy atom. The van der Waals surface area contributed by atoms with Crippen LogP contribution in [-0.2, 0) is 4.79 Å². The van der Waals surface area contributed by atoms with Gasteiger partial charge in [0.25, 0.3) is 0 Å². The first-order chi connectivity index (χ1) is 10.1. The van der Waals surface area contributed by atoms with Crippen molar-refractivity contribution < 1.29 is 4.79 Å². The standard InChI is InChI=1S/C15H19N3OS2/c1-4-10(2)12-5-7-13(8-6-12)16-14(19)9-20-15-18-17-11(3)21-15/h5-8,10H,4,9H2,1-3H3,(H,16,19)/t10-/m0/s1. The summed E-state index contributed by atoms with van der Waals surface area (Å²) >= 11 is 2.92. The van der Waals surface area contributed by atoms with Crippen LogP contribution in [0.15, 0.2) is 28.6 Å². The molecule has 0 aliphatic heterocycles. The van der Waals surface area contributed by atoms with Crippen LogP contribution in [0, 0.1) is 6.92 Å². The predicted molar refractivity (Wildman–Crippen MR) is 89.1 cm³/mol. The van der Waals surface area contributed by atoms with Gasteiger partial charge in [-0.25, -0.2) is 0 Å². The summed E-state index contributed by atoms with van der Waals surface area (Å²) in [6.07, 6.45) is 1.11. The Labute approximate surface area is 133 Å². The van der Waals surface area contributed by atoms with Crippen LogP contribution >= 0.6 is 23.1 Å². The first kappa shape index (κ1) is 16.0. The van der Waals surface area contributed by atoms with Crippen LogP contribution in [0.4, 0.5) is 5.69 Å². The Morgan fingerprint density at radius 2 is 2.05 bits per heavy atom. The van der Waals surface area contributed by atoms with Gasteiger partial charge in [0.2, 0.25) is 5.91 Å². The Balaban J connectivity index is 1.84. The minimum absolute atomic E-state index is 0.0239. The molecule has 1 N–H and O–H groups in total. The first-order valence-corrected chi connectivity index (χ1v) is 8.71. The zero-order valence-corrected chi connectivity index (χ0v) is 14.1. The third-order valence-corrected chi connectivity index (χ3v) is 5.18. The van der Waals surface area contributed by atoms with E-state index in [0.717, 1.165) is 21.5 Å². The predicted octanol–water partition coefficient (Wildman–Crippen LogP) is 4.09. The molecule has 0 spiro atoms. The number of hydrogen-bond donors (Lipinski definition) is 1. The van der Waals surface area contributed by atoms with Gasteiger partial charge in [-0.05, 0) is 37.0 Å². The Morgan fingerprint density at radius 3 is 2.62 bits per heavy atom. The lowest BCUT2D eigenvalue weighted by Crippen LogP contribution is -2.13. The lowest BCUT2D eigenvalue weighted by molar-refractivity contribution is -0.113. The van der Waals surface area contributed by atoms with Crippen LogP contribution in [0.5, 0.6) is 0 Å². The van der Waals surface area contributed by atoms with Crippen molar-refractivity contribution in [1.82, 2.24) is 10.2 Å². The molecule has 6 heteroatoms. The number of anilines is 1. The Hall–Kier alpha value is -1.40. The molecule has 0 aliphatic rings. The molecule has 112 valence electrons. The van der Waals surface area contributed by atoms with E-state index in [1.54, 1.807) is 0 Å².